The highest BCUT2D eigenvalue weighted by molar-refractivity contribution is 7.79. The lowest BCUT2D eigenvalue weighted by Crippen LogP contribution is -2.08. The van der Waals surface area contributed by atoms with E-state index in [0.29, 0.717) is 11.1 Å². The third kappa shape index (κ3) is 1.28. The first kappa shape index (κ1) is 9.17. The van der Waals surface area contributed by atoms with Gasteiger partial charge in [-0.3, -0.25) is 4.57 Å². The molecule has 0 bridgehead atoms. The summed E-state index contributed by atoms with van der Waals surface area (Å²) in [6, 6.07) is 4.43. The SMILES string of the molecule is Cn1c(=O)oc2cc(S(=O)O)ccc21. The first-order chi connectivity index (χ1) is 6.59. The summed E-state index contributed by atoms with van der Waals surface area (Å²) in [5, 5.41) is 0. The zero-order chi connectivity index (χ0) is 10.3. The molecule has 1 heterocycles. The van der Waals surface area contributed by atoms with Crippen LogP contribution >= 0.6 is 0 Å². The smallest absolute Gasteiger partial charge is 0.408 e. The number of rotatable bonds is 1. The molecule has 1 N–H and O–H groups in total. The highest BCUT2D eigenvalue weighted by Gasteiger charge is 2.08. The Morgan fingerprint density at radius 1 is 1.50 bits per heavy atom. The Hall–Kier alpha value is -1.40. The zero-order valence-corrected chi connectivity index (χ0v) is 8.08. The van der Waals surface area contributed by atoms with E-state index in [9.17, 15) is 9.00 Å². The van der Waals surface area contributed by atoms with Crippen LogP contribution < -0.4 is 5.76 Å². The minimum atomic E-state index is -2.05. The second-order valence-electron chi connectivity index (χ2n) is 2.81. The van der Waals surface area contributed by atoms with E-state index in [4.69, 9.17) is 8.97 Å². The molecule has 1 aromatic heterocycles. The Kier molecular flexibility index (Phi) is 2.01. The number of hydrogen-bond acceptors (Lipinski definition) is 3. The van der Waals surface area contributed by atoms with Crippen molar-refractivity contribution in [1.29, 1.82) is 0 Å². The molecular weight excluding hydrogens is 206 g/mol. The van der Waals surface area contributed by atoms with Gasteiger partial charge in [0.25, 0.3) is 0 Å². The van der Waals surface area contributed by atoms with Crippen molar-refractivity contribution in [3.63, 3.8) is 0 Å². The van der Waals surface area contributed by atoms with Gasteiger partial charge in [0.2, 0.25) is 0 Å². The van der Waals surface area contributed by atoms with Gasteiger partial charge in [-0.1, -0.05) is 0 Å². The summed E-state index contributed by atoms with van der Waals surface area (Å²) in [4.78, 5) is 11.3. The molecule has 1 unspecified atom stereocenters. The van der Waals surface area contributed by atoms with E-state index in [1.807, 2.05) is 0 Å². The molecule has 0 aliphatic heterocycles. The van der Waals surface area contributed by atoms with Crippen LogP contribution in [-0.4, -0.2) is 13.3 Å². The van der Waals surface area contributed by atoms with Gasteiger partial charge in [-0.2, -0.15) is 0 Å². The topological polar surface area (TPSA) is 72.4 Å². The largest absolute Gasteiger partial charge is 0.419 e. The van der Waals surface area contributed by atoms with Gasteiger partial charge in [0.15, 0.2) is 16.7 Å². The molecule has 0 fully saturated rings. The van der Waals surface area contributed by atoms with Gasteiger partial charge in [-0.15, -0.1) is 0 Å². The van der Waals surface area contributed by atoms with Crippen molar-refractivity contribution in [3.05, 3.63) is 28.7 Å². The van der Waals surface area contributed by atoms with Crippen molar-refractivity contribution in [1.82, 2.24) is 4.57 Å². The second kappa shape index (κ2) is 3.07. The van der Waals surface area contributed by atoms with E-state index in [0.717, 1.165) is 0 Å². The Labute approximate surface area is 81.2 Å². The third-order valence-electron chi connectivity index (χ3n) is 1.97. The first-order valence-corrected chi connectivity index (χ1v) is 4.90. The van der Waals surface area contributed by atoms with Crippen LogP contribution in [0.5, 0.6) is 0 Å². The number of aryl methyl sites for hydroxylation is 1. The molecule has 0 spiro atoms. The summed E-state index contributed by atoms with van der Waals surface area (Å²) in [7, 11) is 1.57. The number of benzene rings is 1. The average Bonchev–Trinajstić information content (AvgIpc) is 2.42. The van der Waals surface area contributed by atoms with E-state index in [1.165, 1.54) is 16.7 Å². The highest BCUT2D eigenvalue weighted by Crippen LogP contribution is 2.15. The monoisotopic (exact) mass is 213 g/mol. The maximum absolute atomic E-state index is 11.1. The van der Waals surface area contributed by atoms with Gasteiger partial charge < -0.3 is 8.97 Å². The average molecular weight is 213 g/mol. The molecule has 0 saturated carbocycles. The lowest BCUT2D eigenvalue weighted by molar-refractivity contribution is 0.527. The van der Waals surface area contributed by atoms with Crippen LogP contribution in [0, 0.1) is 0 Å². The molecule has 1 atom stereocenters. The van der Waals surface area contributed by atoms with Crippen molar-refractivity contribution >= 4 is 22.2 Å². The molecule has 6 heteroatoms. The lowest BCUT2D eigenvalue weighted by Gasteiger charge is -1.94. The van der Waals surface area contributed by atoms with Gasteiger partial charge in [-0.05, 0) is 12.1 Å². The quantitative estimate of drug-likeness (QED) is 0.708. The summed E-state index contributed by atoms with van der Waals surface area (Å²) in [6.45, 7) is 0. The van der Waals surface area contributed by atoms with E-state index in [1.54, 1.807) is 13.1 Å². The highest BCUT2D eigenvalue weighted by atomic mass is 32.2. The van der Waals surface area contributed by atoms with Gasteiger partial charge in [0, 0.05) is 13.1 Å². The van der Waals surface area contributed by atoms with E-state index >= 15 is 0 Å². The molecule has 0 aliphatic rings. The minimum Gasteiger partial charge on any atom is -0.408 e. The van der Waals surface area contributed by atoms with Crippen molar-refractivity contribution in [2.24, 2.45) is 7.05 Å². The summed E-state index contributed by atoms with van der Waals surface area (Å²) in [5.74, 6) is -0.485. The molecule has 2 aromatic rings. The molecule has 0 amide bonds. The van der Waals surface area contributed by atoms with Crippen LogP contribution in [0.15, 0.2) is 32.3 Å². The summed E-state index contributed by atoms with van der Waals surface area (Å²) < 4.78 is 25.7. The number of aromatic nitrogens is 1. The van der Waals surface area contributed by atoms with Crippen LogP contribution in [0.3, 0.4) is 0 Å². The van der Waals surface area contributed by atoms with E-state index in [2.05, 4.69) is 0 Å². The van der Waals surface area contributed by atoms with Crippen molar-refractivity contribution in [2.75, 3.05) is 0 Å². The summed E-state index contributed by atoms with van der Waals surface area (Å²) in [5.41, 5.74) is 0.918. The van der Waals surface area contributed by atoms with E-state index in [-0.39, 0.29) is 4.90 Å². The van der Waals surface area contributed by atoms with Gasteiger partial charge >= 0.3 is 5.76 Å². The van der Waals surface area contributed by atoms with E-state index < -0.39 is 16.8 Å². The predicted molar refractivity (Wildman–Crippen MR) is 50.5 cm³/mol. The van der Waals surface area contributed by atoms with Gasteiger partial charge in [-0.25, -0.2) is 9.00 Å². The molecule has 0 saturated heterocycles. The number of nitrogens with zero attached hydrogens (tertiary/aromatic N) is 1. The molecule has 0 radical (unpaired) electrons. The maximum Gasteiger partial charge on any atom is 0.419 e. The van der Waals surface area contributed by atoms with Crippen molar-refractivity contribution in [3.8, 4) is 0 Å². The zero-order valence-electron chi connectivity index (χ0n) is 7.26. The van der Waals surface area contributed by atoms with Crippen LogP contribution in [0.4, 0.5) is 0 Å². The Balaban J connectivity index is 2.80. The molecule has 2 rings (SSSR count). The molecule has 74 valence electrons. The Morgan fingerprint density at radius 2 is 2.21 bits per heavy atom. The van der Waals surface area contributed by atoms with Crippen LogP contribution in [0.25, 0.3) is 11.1 Å². The fourth-order valence-corrected chi connectivity index (χ4v) is 1.62. The van der Waals surface area contributed by atoms with Gasteiger partial charge in [0.05, 0.1) is 10.4 Å². The molecular formula is C8H7NO4S. The van der Waals surface area contributed by atoms with Crippen LogP contribution in [0.1, 0.15) is 0 Å². The predicted octanol–water partition coefficient (Wildman–Crippen LogP) is 0.712. The summed E-state index contributed by atoms with van der Waals surface area (Å²) in [6.07, 6.45) is 0. The lowest BCUT2D eigenvalue weighted by atomic mass is 10.3. The molecule has 5 nitrogen and oxygen atoms in total. The second-order valence-corrected chi connectivity index (χ2v) is 3.78. The normalized spacial score (nSPS) is 13.3. The van der Waals surface area contributed by atoms with Gasteiger partial charge in [0.1, 0.15) is 0 Å². The fourth-order valence-electron chi connectivity index (χ4n) is 1.22. The molecule has 0 aliphatic carbocycles. The van der Waals surface area contributed by atoms with Crippen LogP contribution in [0.2, 0.25) is 0 Å². The molecule has 14 heavy (non-hydrogen) atoms. The number of fused-ring (bicyclic) bond motifs is 1. The number of oxazole rings is 1. The first-order valence-electron chi connectivity index (χ1n) is 3.80. The third-order valence-corrected chi connectivity index (χ3v) is 2.62. The maximum atomic E-state index is 11.1. The standard InChI is InChI=1S/C8H7NO4S/c1-9-6-3-2-5(14(11)12)4-7(6)13-8(9)10/h2-4H,1H3,(H,11,12). The summed E-state index contributed by atoms with van der Waals surface area (Å²) >= 11 is -2.05. The Bertz CT molecular complexity index is 568. The van der Waals surface area contributed by atoms with Crippen molar-refractivity contribution < 1.29 is 13.2 Å². The van der Waals surface area contributed by atoms with Crippen LogP contribution in [-0.2, 0) is 18.1 Å². The number of hydrogen-bond donors (Lipinski definition) is 1. The Morgan fingerprint density at radius 3 is 2.86 bits per heavy atom. The molecule has 1 aromatic carbocycles. The minimum absolute atomic E-state index is 0.215. The van der Waals surface area contributed by atoms with Crippen molar-refractivity contribution in [2.45, 2.75) is 4.90 Å². The fraction of sp³-hybridized carbons (Fsp3) is 0.125.